The van der Waals surface area contributed by atoms with E-state index in [9.17, 15) is 22.8 Å². The van der Waals surface area contributed by atoms with Crippen LogP contribution in [0.15, 0.2) is 16.3 Å². The van der Waals surface area contributed by atoms with Crippen LogP contribution in [0.25, 0.3) is 0 Å². The number of thiophene rings is 1. The second-order valence-corrected chi connectivity index (χ2v) is 8.59. The second-order valence-electron chi connectivity index (χ2n) is 5.77. The summed E-state index contributed by atoms with van der Waals surface area (Å²) in [7, 11) is -1.29. The van der Waals surface area contributed by atoms with Crippen LogP contribution >= 0.6 is 11.3 Å². The molecule has 3 rings (SSSR count). The number of rotatable bonds is 3. The van der Waals surface area contributed by atoms with Crippen molar-refractivity contribution in [3.05, 3.63) is 16.3 Å². The van der Waals surface area contributed by atoms with Gasteiger partial charge in [0.25, 0.3) is 0 Å². The Morgan fingerprint density at radius 1 is 1.32 bits per heavy atom. The van der Waals surface area contributed by atoms with Gasteiger partial charge in [-0.15, -0.1) is 11.3 Å². The molecular weight excluding hydrogens is 370 g/mol. The predicted molar refractivity (Wildman–Crippen MR) is 87.6 cm³/mol. The molecule has 25 heavy (non-hydrogen) atoms. The number of nitrogens with zero attached hydrogens (tertiary/aromatic N) is 3. The molecule has 2 aliphatic heterocycles. The molecule has 0 radical (unpaired) electrons. The first kappa shape index (κ1) is 17.8. The number of carbonyl (C=O) groups is 3. The molecule has 1 aromatic heterocycles. The molecule has 9 nitrogen and oxygen atoms in total. The lowest BCUT2D eigenvalue weighted by Crippen LogP contribution is -2.66. The van der Waals surface area contributed by atoms with Gasteiger partial charge in [0.05, 0.1) is 13.7 Å². The Morgan fingerprint density at radius 3 is 2.72 bits per heavy atom. The number of hydrogen-bond donors (Lipinski definition) is 0. The summed E-state index contributed by atoms with van der Waals surface area (Å²) in [6.45, 7) is 0.0742. The van der Waals surface area contributed by atoms with Crippen LogP contribution in [0, 0.1) is 0 Å². The molecule has 11 heteroatoms. The summed E-state index contributed by atoms with van der Waals surface area (Å²) >= 11 is 0.977. The lowest BCUT2D eigenvalue weighted by molar-refractivity contribution is -0.156. The van der Waals surface area contributed by atoms with Crippen molar-refractivity contribution in [1.82, 2.24) is 14.1 Å². The van der Waals surface area contributed by atoms with Gasteiger partial charge in [-0.1, -0.05) is 0 Å². The third-order valence-electron chi connectivity index (χ3n) is 4.31. The molecule has 1 aromatic rings. The summed E-state index contributed by atoms with van der Waals surface area (Å²) in [5, 5.41) is 1.50. The average Bonchev–Trinajstić information content (AvgIpc) is 3.09. The lowest BCUT2D eigenvalue weighted by Gasteiger charge is -2.44. The maximum atomic E-state index is 12.9. The van der Waals surface area contributed by atoms with Gasteiger partial charge in [-0.2, -0.15) is 4.31 Å². The standard InChI is InChI=1S/C14H17N3O6S2/c1-15-8-11(18)17-5-4-16(7-9(17)13(15)19)25(21,22)10-3-6-24-12(10)14(20)23-2/h3,6,9H,4-5,7-8H2,1-2H3/t9-/m0/s1. The first-order valence-corrected chi connectivity index (χ1v) is 9.79. The molecule has 0 aromatic carbocycles. The molecular formula is C14H17N3O6S2. The minimum absolute atomic E-state index is 0.000890. The van der Waals surface area contributed by atoms with Gasteiger partial charge < -0.3 is 14.5 Å². The Bertz CT molecular complexity index is 833. The van der Waals surface area contributed by atoms with E-state index in [1.54, 1.807) is 0 Å². The van der Waals surface area contributed by atoms with Gasteiger partial charge in [-0.3, -0.25) is 9.59 Å². The Morgan fingerprint density at radius 2 is 2.04 bits per heavy atom. The van der Waals surface area contributed by atoms with Gasteiger partial charge in [0.1, 0.15) is 15.8 Å². The maximum absolute atomic E-state index is 12.9. The summed E-state index contributed by atoms with van der Waals surface area (Å²) in [5.74, 6) is -1.22. The summed E-state index contributed by atoms with van der Waals surface area (Å²) < 4.78 is 31.6. The average molecular weight is 387 g/mol. The SMILES string of the molecule is COC(=O)c1sccc1S(=O)(=O)N1CCN2C(=O)CN(C)C(=O)[C@@H]2C1. The number of esters is 1. The summed E-state index contributed by atoms with van der Waals surface area (Å²) in [5.41, 5.74) is 0. The molecule has 2 aliphatic rings. The number of sulfonamides is 1. The third kappa shape index (κ3) is 2.92. The van der Waals surface area contributed by atoms with Crippen molar-refractivity contribution in [2.75, 3.05) is 40.3 Å². The van der Waals surface area contributed by atoms with Gasteiger partial charge in [0.15, 0.2) is 0 Å². The number of carbonyl (C=O) groups excluding carboxylic acids is 3. The fraction of sp³-hybridized carbons (Fsp3) is 0.500. The highest BCUT2D eigenvalue weighted by atomic mass is 32.2. The van der Waals surface area contributed by atoms with Gasteiger partial charge >= 0.3 is 5.97 Å². The van der Waals surface area contributed by atoms with Gasteiger partial charge in [0, 0.05) is 26.7 Å². The highest BCUT2D eigenvalue weighted by Gasteiger charge is 2.44. The zero-order valence-electron chi connectivity index (χ0n) is 13.7. The van der Waals surface area contributed by atoms with E-state index >= 15 is 0 Å². The minimum Gasteiger partial charge on any atom is -0.465 e. The van der Waals surface area contributed by atoms with Crippen LogP contribution in [0.5, 0.6) is 0 Å². The highest BCUT2D eigenvalue weighted by molar-refractivity contribution is 7.89. The Kier molecular flexibility index (Phi) is 4.56. The Labute approximate surface area is 148 Å². The number of likely N-dealkylation sites (N-methyl/N-ethyl adjacent to an activating group) is 1. The minimum atomic E-state index is -3.98. The third-order valence-corrected chi connectivity index (χ3v) is 7.25. The van der Waals surface area contributed by atoms with Crippen molar-refractivity contribution in [3.63, 3.8) is 0 Å². The van der Waals surface area contributed by atoms with Crippen LogP contribution in [-0.2, 0) is 24.3 Å². The number of hydrogen-bond acceptors (Lipinski definition) is 7. The topological polar surface area (TPSA) is 104 Å². The van der Waals surface area contributed by atoms with Crippen LogP contribution in [0.4, 0.5) is 0 Å². The van der Waals surface area contributed by atoms with E-state index in [0.717, 1.165) is 15.6 Å². The molecule has 1 atom stereocenters. The number of methoxy groups -OCH3 is 1. The fourth-order valence-corrected chi connectivity index (χ4v) is 5.74. The molecule has 0 saturated carbocycles. The fourth-order valence-electron chi connectivity index (χ4n) is 2.99. The van der Waals surface area contributed by atoms with Crippen LogP contribution in [0.2, 0.25) is 0 Å². The molecule has 0 aliphatic carbocycles. The number of ether oxygens (including phenoxy) is 1. The highest BCUT2D eigenvalue weighted by Crippen LogP contribution is 2.28. The quantitative estimate of drug-likeness (QED) is 0.630. The molecule has 3 heterocycles. The van der Waals surface area contributed by atoms with E-state index in [1.165, 1.54) is 35.4 Å². The van der Waals surface area contributed by atoms with Crippen molar-refractivity contribution in [1.29, 1.82) is 0 Å². The molecule has 136 valence electrons. The second kappa shape index (κ2) is 6.39. The largest absolute Gasteiger partial charge is 0.465 e. The van der Waals surface area contributed by atoms with Crippen LogP contribution in [-0.4, -0.2) is 86.7 Å². The number of piperazine rings is 2. The first-order valence-electron chi connectivity index (χ1n) is 7.47. The molecule has 2 saturated heterocycles. The molecule has 0 spiro atoms. The van der Waals surface area contributed by atoms with Gasteiger partial charge in [-0.25, -0.2) is 13.2 Å². The molecule has 0 bridgehead atoms. The van der Waals surface area contributed by atoms with E-state index in [0.29, 0.717) is 0 Å². The first-order chi connectivity index (χ1) is 11.8. The van der Waals surface area contributed by atoms with Crippen molar-refractivity contribution < 1.29 is 27.5 Å². The smallest absolute Gasteiger partial charge is 0.349 e. The van der Waals surface area contributed by atoms with E-state index in [4.69, 9.17) is 0 Å². The van der Waals surface area contributed by atoms with E-state index in [2.05, 4.69) is 4.74 Å². The van der Waals surface area contributed by atoms with Crippen LogP contribution in [0.1, 0.15) is 9.67 Å². The number of fused-ring (bicyclic) bond motifs is 1. The van der Waals surface area contributed by atoms with Crippen LogP contribution < -0.4 is 0 Å². The van der Waals surface area contributed by atoms with E-state index in [1.807, 2.05) is 0 Å². The summed E-state index contributed by atoms with van der Waals surface area (Å²) in [6.07, 6.45) is 0. The molecule has 2 amide bonds. The normalized spacial score (nSPS) is 22.1. The lowest BCUT2D eigenvalue weighted by atomic mass is 10.1. The Balaban J connectivity index is 1.90. The number of amides is 2. The van der Waals surface area contributed by atoms with E-state index in [-0.39, 0.29) is 47.8 Å². The zero-order chi connectivity index (χ0) is 18.4. The van der Waals surface area contributed by atoms with E-state index < -0.39 is 22.0 Å². The van der Waals surface area contributed by atoms with Gasteiger partial charge in [0.2, 0.25) is 21.8 Å². The van der Waals surface area contributed by atoms with Gasteiger partial charge in [-0.05, 0) is 11.4 Å². The molecule has 0 N–H and O–H groups in total. The predicted octanol–water partition coefficient (Wildman–Crippen LogP) is -0.792. The van der Waals surface area contributed by atoms with Crippen molar-refractivity contribution in [2.45, 2.75) is 10.9 Å². The maximum Gasteiger partial charge on any atom is 0.349 e. The van der Waals surface area contributed by atoms with Crippen molar-refractivity contribution in [3.8, 4) is 0 Å². The summed E-state index contributed by atoms with van der Waals surface area (Å²) in [6, 6.07) is 0.508. The van der Waals surface area contributed by atoms with Crippen molar-refractivity contribution in [2.24, 2.45) is 0 Å². The van der Waals surface area contributed by atoms with Crippen molar-refractivity contribution >= 4 is 39.1 Å². The molecule has 2 fully saturated rings. The van der Waals surface area contributed by atoms with Crippen LogP contribution in [0.3, 0.4) is 0 Å². The monoisotopic (exact) mass is 387 g/mol. The molecule has 0 unspecified atom stereocenters. The Hall–Kier alpha value is -1.98. The summed E-state index contributed by atoms with van der Waals surface area (Å²) in [4.78, 5) is 38.7. The zero-order valence-corrected chi connectivity index (χ0v) is 15.3.